The number of ether oxygens (including phenoxy) is 1. The molecule has 2 amide bonds. The number of rotatable bonds is 7. The third-order valence-corrected chi connectivity index (χ3v) is 3.78. The molecule has 0 spiro atoms. The number of carbonyl (C=O) groups is 2. The highest BCUT2D eigenvalue weighted by molar-refractivity contribution is 5.96. The van der Waals surface area contributed by atoms with Crippen LogP contribution in [0, 0.1) is 0 Å². The first-order valence-electron chi connectivity index (χ1n) is 8.09. The molecule has 0 saturated carbocycles. The molecule has 0 aliphatic heterocycles. The van der Waals surface area contributed by atoms with Gasteiger partial charge in [-0.3, -0.25) is 9.59 Å². The summed E-state index contributed by atoms with van der Waals surface area (Å²) in [6.07, 6.45) is -4.46. The smallest absolute Gasteiger partial charge is 0.380 e. The molecule has 2 N–H and O–H groups in total. The van der Waals surface area contributed by atoms with E-state index in [2.05, 4.69) is 10.6 Å². The van der Waals surface area contributed by atoms with Gasteiger partial charge in [-0.25, -0.2) is 0 Å². The molecule has 2 rings (SSSR count). The fourth-order valence-electron chi connectivity index (χ4n) is 2.36. The predicted octanol–water partition coefficient (Wildman–Crippen LogP) is 2.90. The van der Waals surface area contributed by atoms with Gasteiger partial charge in [0.2, 0.25) is 5.91 Å². The Labute approximate surface area is 154 Å². The normalized spacial score (nSPS) is 11.1. The van der Waals surface area contributed by atoms with Crippen molar-refractivity contribution in [1.29, 1.82) is 0 Å². The van der Waals surface area contributed by atoms with Crippen LogP contribution in [0.5, 0.6) is 0 Å². The Hall–Kier alpha value is -2.87. The van der Waals surface area contributed by atoms with Crippen molar-refractivity contribution in [3.05, 3.63) is 70.8 Å². The van der Waals surface area contributed by atoms with Gasteiger partial charge in [0.25, 0.3) is 5.91 Å². The summed E-state index contributed by atoms with van der Waals surface area (Å²) in [4.78, 5) is 23.8. The third kappa shape index (κ3) is 6.10. The first-order valence-corrected chi connectivity index (χ1v) is 8.09. The van der Waals surface area contributed by atoms with E-state index >= 15 is 0 Å². The Kier molecular flexibility index (Phi) is 6.95. The zero-order chi connectivity index (χ0) is 19.9. The Morgan fingerprint density at radius 3 is 2.19 bits per heavy atom. The molecule has 0 radical (unpaired) electrons. The maximum atomic E-state index is 12.5. The van der Waals surface area contributed by atoms with Crippen LogP contribution in [0.1, 0.15) is 27.0 Å². The summed E-state index contributed by atoms with van der Waals surface area (Å²) in [5.74, 6) is -1.04. The van der Waals surface area contributed by atoms with E-state index in [4.69, 9.17) is 4.74 Å². The van der Waals surface area contributed by atoms with Gasteiger partial charge in [-0.05, 0) is 35.4 Å². The molecule has 2 aromatic carbocycles. The number of benzene rings is 2. The molecule has 0 unspecified atom stereocenters. The van der Waals surface area contributed by atoms with Crippen molar-refractivity contribution in [2.45, 2.75) is 19.3 Å². The van der Waals surface area contributed by atoms with Crippen LogP contribution in [0.25, 0.3) is 0 Å². The minimum atomic E-state index is -4.46. The number of alkyl halides is 3. The van der Waals surface area contributed by atoms with E-state index in [0.717, 1.165) is 35.4 Å². The van der Waals surface area contributed by atoms with E-state index in [1.165, 1.54) is 0 Å². The van der Waals surface area contributed by atoms with Crippen LogP contribution in [0.15, 0.2) is 48.5 Å². The quantitative estimate of drug-likeness (QED) is 0.776. The van der Waals surface area contributed by atoms with Gasteiger partial charge >= 0.3 is 6.18 Å². The van der Waals surface area contributed by atoms with E-state index in [1.807, 2.05) is 24.3 Å². The topological polar surface area (TPSA) is 67.4 Å². The molecule has 0 aliphatic carbocycles. The van der Waals surface area contributed by atoms with E-state index in [-0.39, 0.29) is 18.7 Å². The van der Waals surface area contributed by atoms with Crippen LogP contribution in [-0.4, -0.2) is 25.5 Å². The molecule has 0 fully saturated rings. The first-order chi connectivity index (χ1) is 12.8. The number of halogens is 3. The summed E-state index contributed by atoms with van der Waals surface area (Å²) in [5, 5.41) is 5.05. The largest absolute Gasteiger partial charge is 0.416 e. The second-order valence-electron chi connectivity index (χ2n) is 5.74. The molecule has 5 nitrogen and oxygen atoms in total. The maximum absolute atomic E-state index is 12.5. The fraction of sp³-hybridized carbons (Fsp3) is 0.263. The molecule has 27 heavy (non-hydrogen) atoms. The number of nitrogens with one attached hydrogen (secondary N) is 2. The average molecular weight is 380 g/mol. The fourth-order valence-corrected chi connectivity index (χ4v) is 2.36. The van der Waals surface area contributed by atoms with Crippen LogP contribution < -0.4 is 10.6 Å². The Bertz CT molecular complexity index is 790. The zero-order valence-electron chi connectivity index (χ0n) is 14.6. The number of methoxy groups -OCH3 is 1. The summed E-state index contributed by atoms with van der Waals surface area (Å²) in [7, 11) is 1.58. The molecular formula is C19H19F3N2O3. The molecule has 0 aliphatic rings. The highest BCUT2D eigenvalue weighted by Gasteiger charge is 2.30. The average Bonchev–Trinajstić information content (AvgIpc) is 2.65. The molecule has 0 aromatic heterocycles. The van der Waals surface area contributed by atoms with Crippen LogP contribution >= 0.6 is 0 Å². The summed E-state index contributed by atoms with van der Waals surface area (Å²) in [6.45, 7) is 0.400. The summed E-state index contributed by atoms with van der Waals surface area (Å²) >= 11 is 0. The van der Waals surface area contributed by atoms with Crippen molar-refractivity contribution in [3.8, 4) is 0 Å². The molecular weight excluding hydrogens is 361 g/mol. The lowest BCUT2D eigenvalue weighted by atomic mass is 10.1. The van der Waals surface area contributed by atoms with Gasteiger partial charge in [-0.1, -0.05) is 24.3 Å². The standard InChI is InChI=1S/C19H19F3N2O3/c1-27-12-15-5-3-2-4-14(15)10-23-17(25)11-24-18(26)13-6-8-16(9-7-13)19(20,21)22/h2-9H,10-12H2,1H3,(H,23,25)(H,24,26). The van der Waals surface area contributed by atoms with Crippen molar-refractivity contribution in [3.63, 3.8) is 0 Å². The van der Waals surface area contributed by atoms with E-state index in [9.17, 15) is 22.8 Å². The van der Waals surface area contributed by atoms with Gasteiger partial charge in [-0.2, -0.15) is 13.2 Å². The lowest BCUT2D eigenvalue weighted by Gasteiger charge is -2.11. The lowest BCUT2D eigenvalue weighted by molar-refractivity contribution is -0.137. The van der Waals surface area contributed by atoms with E-state index < -0.39 is 23.6 Å². The molecule has 144 valence electrons. The number of hydrogen-bond donors (Lipinski definition) is 2. The van der Waals surface area contributed by atoms with Gasteiger partial charge in [0.05, 0.1) is 18.7 Å². The molecule has 2 aromatic rings. The van der Waals surface area contributed by atoms with Crippen molar-refractivity contribution in [2.75, 3.05) is 13.7 Å². The van der Waals surface area contributed by atoms with Crippen molar-refractivity contribution >= 4 is 11.8 Å². The van der Waals surface area contributed by atoms with E-state index in [0.29, 0.717) is 6.61 Å². The van der Waals surface area contributed by atoms with Crippen LogP contribution in [0.3, 0.4) is 0 Å². The van der Waals surface area contributed by atoms with Crippen molar-refractivity contribution < 1.29 is 27.5 Å². The first kappa shape index (κ1) is 20.4. The maximum Gasteiger partial charge on any atom is 0.416 e. The highest BCUT2D eigenvalue weighted by atomic mass is 19.4. The van der Waals surface area contributed by atoms with Crippen LogP contribution in [0.2, 0.25) is 0 Å². The van der Waals surface area contributed by atoms with Crippen molar-refractivity contribution in [2.24, 2.45) is 0 Å². The molecule has 0 atom stereocenters. The van der Waals surface area contributed by atoms with Crippen molar-refractivity contribution in [1.82, 2.24) is 10.6 Å². The minimum Gasteiger partial charge on any atom is -0.380 e. The van der Waals surface area contributed by atoms with Gasteiger partial charge in [0, 0.05) is 19.2 Å². The van der Waals surface area contributed by atoms with Crippen LogP contribution in [0.4, 0.5) is 13.2 Å². The summed E-state index contributed by atoms with van der Waals surface area (Å²) in [5.41, 5.74) is 1.03. The second kappa shape index (κ2) is 9.18. The van der Waals surface area contributed by atoms with Gasteiger partial charge < -0.3 is 15.4 Å². The van der Waals surface area contributed by atoms with Gasteiger partial charge in [0.15, 0.2) is 0 Å². The predicted molar refractivity (Wildman–Crippen MR) is 92.8 cm³/mol. The summed E-state index contributed by atoms with van der Waals surface area (Å²) in [6, 6.07) is 11.2. The number of amides is 2. The Balaban J connectivity index is 1.84. The van der Waals surface area contributed by atoms with E-state index in [1.54, 1.807) is 7.11 Å². The molecule has 8 heteroatoms. The second-order valence-corrected chi connectivity index (χ2v) is 5.74. The lowest BCUT2D eigenvalue weighted by Crippen LogP contribution is -2.36. The monoisotopic (exact) mass is 380 g/mol. The molecule has 0 heterocycles. The Morgan fingerprint density at radius 1 is 0.963 bits per heavy atom. The SMILES string of the molecule is COCc1ccccc1CNC(=O)CNC(=O)c1ccc(C(F)(F)F)cc1. The summed E-state index contributed by atoms with van der Waals surface area (Å²) < 4.78 is 42.6. The zero-order valence-corrected chi connectivity index (χ0v) is 14.6. The van der Waals surface area contributed by atoms with Crippen LogP contribution in [-0.2, 0) is 28.9 Å². The highest BCUT2D eigenvalue weighted by Crippen LogP contribution is 2.29. The van der Waals surface area contributed by atoms with Gasteiger partial charge in [0.1, 0.15) is 0 Å². The molecule has 0 bridgehead atoms. The number of carbonyl (C=O) groups excluding carboxylic acids is 2. The minimum absolute atomic E-state index is 0.0428. The molecule has 0 saturated heterocycles. The third-order valence-electron chi connectivity index (χ3n) is 3.78. The van der Waals surface area contributed by atoms with Gasteiger partial charge in [-0.15, -0.1) is 0 Å². The Morgan fingerprint density at radius 2 is 1.59 bits per heavy atom. The number of hydrogen-bond acceptors (Lipinski definition) is 3.